The average molecular weight is 486 g/mol. The minimum absolute atomic E-state index is 0.237. The number of aryl methyl sites for hydroxylation is 1. The van der Waals surface area contributed by atoms with Gasteiger partial charge in [-0.2, -0.15) is 0 Å². The van der Waals surface area contributed by atoms with Crippen molar-refractivity contribution in [3.05, 3.63) is 45.3 Å². The Bertz CT molecular complexity index is 881. The van der Waals surface area contributed by atoms with E-state index < -0.39 is 47.7 Å². The smallest absolute Gasteiger partial charge is 0.303 e. The van der Waals surface area contributed by atoms with Crippen molar-refractivity contribution in [2.75, 3.05) is 12.4 Å². The van der Waals surface area contributed by atoms with E-state index in [1.54, 1.807) is 6.07 Å². The molecule has 0 amide bonds. The SMILES string of the molecule is CC(=O)OCC1O[C@H](SCCc2ccccc2Cl)C(OC(C)=O)[C@@H](N=[N+]=[N-])[C@H]1OC(C)=O. The molecule has 0 spiro atoms. The van der Waals surface area contributed by atoms with Crippen LogP contribution in [0, 0.1) is 0 Å². The van der Waals surface area contributed by atoms with Crippen LogP contribution >= 0.6 is 23.4 Å². The van der Waals surface area contributed by atoms with Crippen molar-refractivity contribution in [1.82, 2.24) is 0 Å². The Morgan fingerprint density at radius 3 is 2.38 bits per heavy atom. The molecule has 32 heavy (non-hydrogen) atoms. The number of esters is 3. The third-order valence-electron chi connectivity index (χ3n) is 4.47. The highest BCUT2D eigenvalue weighted by Gasteiger charge is 2.49. The molecule has 1 aromatic carbocycles. The summed E-state index contributed by atoms with van der Waals surface area (Å²) in [6, 6.07) is 6.31. The number of azide groups is 1. The van der Waals surface area contributed by atoms with Crippen LogP contribution in [-0.4, -0.2) is 60.1 Å². The Hall–Kier alpha value is -2.46. The predicted octanol–water partition coefficient (Wildman–Crippen LogP) is 3.45. The van der Waals surface area contributed by atoms with Crippen molar-refractivity contribution in [1.29, 1.82) is 0 Å². The van der Waals surface area contributed by atoms with Crippen LogP contribution in [-0.2, 0) is 39.8 Å². The van der Waals surface area contributed by atoms with Gasteiger partial charge in [0.05, 0.1) is 0 Å². The molecule has 12 heteroatoms. The van der Waals surface area contributed by atoms with E-state index in [0.29, 0.717) is 17.2 Å². The highest BCUT2D eigenvalue weighted by atomic mass is 35.5. The summed E-state index contributed by atoms with van der Waals surface area (Å²) in [4.78, 5) is 37.6. The van der Waals surface area contributed by atoms with Crippen LogP contribution in [0.2, 0.25) is 5.02 Å². The first-order valence-electron chi connectivity index (χ1n) is 9.75. The molecule has 0 aliphatic carbocycles. The number of benzene rings is 1. The topological polar surface area (TPSA) is 137 Å². The molecular weight excluding hydrogens is 462 g/mol. The molecule has 1 heterocycles. The van der Waals surface area contributed by atoms with E-state index >= 15 is 0 Å². The van der Waals surface area contributed by atoms with Crippen molar-refractivity contribution < 1.29 is 33.3 Å². The number of halogens is 1. The fourth-order valence-electron chi connectivity index (χ4n) is 3.19. The van der Waals surface area contributed by atoms with Gasteiger partial charge in [0.15, 0.2) is 0 Å². The molecule has 0 aromatic heterocycles. The van der Waals surface area contributed by atoms with Crippen molar-refractivity contribution in [2.24, 2.45) is 5.11 Å². The number of thioether (sulfide) groups is 1. The van der Waals surface area contributed by atoms with E-state index in [-0.39, 0.29) is 6.61 Å². The number of ether oxygens (including phenoxy) is 4. The molecule has 0 saturated carbocycles. The van der Waals surface area contributed by atoms with Crippen molar-refractivity contribution >= 4 is 41.3 Å². The summed E-state index contributed by atoms with van der Waals surface area (Å²) < 4.78 is 21.8. The zero-order valence-electron chi connectivity index (χ0n) is 17.8. The van der Waals surface area contributed by atoms with Gasteiger partial charge in [-0.05, 0) is 23.6 Å². The van der Waals surface area contributed by atoms with Gasteiger partial charge < -0.3 is 18.9 Å². The molecule has 2 rings (SSSR count). The Balaban J connectivity index is 2.27. The van der Waals surface area contributed by atoms with E-state index in [2.05, 4.69) is 10.0 Å². The van der Waals surface area contributed by atoms with Gasteiger partial charge in [0.1, 0.15) is 36.4 Å². The third kappa shape index (κ3) is 7.59. The lowest BCUT2D eigenvalue weighted by Crippen LogP contribution is -2.59. The monoisotopic (exact) mass is 485 g/mol. The molecule has 10 nitrogen and oxygen atoms in total. The number of nitrogens with zero attached hydrogens (tertiary/aromatic N) is 3. The van der Waals surface area contributed by atoms with Gasteiger partial charge in [-0.1, -0.05) is 34.9 Å². The van der Waals surface area contributed by atoms with Crippen LogP contribution in [0.15, 0.2) is 29.4 Å². The van der Waals surface area contributed by atoms with Gasteiger partial charge in [-0.15, -0.1) is 11.8 Å². The maximum absolute atomic E-state index is 11.8. The van der Waals surface area contributed by atoms with E-state index in [1.807, 2.05) is 18.2 Å². The highest BCUT2D eigenvalue weighted by Crippen LogP contribution is 2.35. The quantitative estimate of drug-likeness (QED) is 0.170. The zero-order valence-corrected chi connectivity index (χ0v) is 19.4. The molecule has 0 bridgehead atoms. The standard InChI is InChI=1S/C20H24ClN3O7S/c1-11(25)28-10-16-18(29-12(2)26)17(23-24-22)19(30-13(3)27)20(31-16)32-9-8-14-6-4-5-7-15(14)21/h4-7,16-20H,8-10H2,1-3H3/t16?,17-,18-,19?,20+/m0/s1. The van der Waals surface area contributed by atoms with Gasteiger partial charge in [0.25, 0.3) is 0 Å². The second kappa shape index (κ2) is 12.5. The first-order chi connectivity index (χ1) is 15.2. The van der Waals surface area contributed by atoms with Crippen molar-refractivity contribution in [2.45, 2.75) is 57.0 Å². The van der Waals surface area contributed by atoms with E-state index in [9.17, 15) is 14.4 Å². The van der Waals surface area contributed by atoms with Crippen LogP contribution in [0.5, 0.6) is 0 Å². The molecule has 0 radical (unpaired) electrons. The van der Waals surface area contributed by atoms with E-state index in [0.717, 1.165) is 5.56 Å². The van der Waals surface area contributed by atoms with E-state index in [1.165, 1.54) is 32.5 Å². The summed E-state index contributed by atoms with van der Waals surface area (Å²) in [6.07, 6.45) is -2.47. The minimum atomic E-state index is -1.12. The second-order valence-corrected chi connectivity index (χ2v) is 8.51. The summed E-state index contributed by atoms with van der Waals surface area (Å²) in [7, 11) is 0. The lowest BCUT2D eigenvalue weighted by atomic mass is 9.97. The Morgan fingerprint density at radius 1 is 1.12 bits per heavy atom. The fraction of sp³-hybridized carbons (Fsp3) is 0.550. The van der Waals surface area contributed by atoms with E-state index in [4.69, 9.17) is 36.1 Å². The molecule has 1 aliphatic rings. The lowest BCUT2D eigenvalue weighted by molar-refractivity contribution is -0.201. The summed E-state index contributed by atoms with van der Waals surface area (Å²) in [5, 5.41) is 4.36. The zero-order chi connectivity index (χ0) is 23.7. The number of carbonyl (C=O) groups excluding carboxylic acids is 3. The third-order valence-corrected chi connectivity index (χ3v) is 5.98. The van der Waals surface area contributed by atoms with Gasteiger partial charge in [0.2, 0.25) is 0 Å². The molecular formula is C20H24ClN3O7S. The normalized spacial score (nSPS) is 24.7. The molecule has 174 valence electrons. The number of carbonyl (C=O) groups is 3. The average Bonchev–Trinajstić information content (AvgIpc) is 2.71. The van der Waals surface area contributed by atoms with Crippen molar-refractivity contribution in [3.63, 3.8) is 0 Å². The molecule has 1 aliphatic heterocycles. The first kappa shape index (κ1) is 25.8. The summed E-state index contributed by atoms with van der Waals surface area (Å²) in [6.45, 7) is 3.39. The van der Waals surface area contributed by atoms with Crippen molar-refractivity contribution in [3.8, 4) is 0 Å². The minimum Gasteiger partial charge on any atom is -0.463 e. The van der Waals surface area contributed by atoms with Crippen LogP contribution in [0.25, 0.3) is 10.4 Å². The molecule has 1 aromatic rings. The highest BCUT2D eigenvalue weighted by molar-refractivity contribution is 7.99. The first-order valence-corrected chi connectivity index (χ1v) is 11.2. The molecule has 0 N–H and O–H groups in total. The summed E-state index contributed by atoms with van der Waals surface area (Å²) in [5.41, 5.74) is 9.26. The molecule has 1 fully saturated rings. The second-order valence-electron chi connectivity index (χ2n) is 6.90. The van der Waals surface area contributed by atoms with Gasteiger partial charge in [0, 0.05) is 36.5 Å². The maximum Gasteiger partial charge on any atom is 0.303 e. The molecule has 1 saturated heterocycles. The largest absolute Gasteiger partial charge is 0.463 e. The van der Waals surface area contributed by atoms with Crippen LogP contribution in [0.3, 0.4) is 0 Å². The predicted molar refractivity (Wildman–Crippen MR) is 117 cm³/mol. The molecule has 5 atom stereocenters. The summed E-state index contributed by atoms with van der Waals surface area (Å²) in [5.74, 6) is -1.29. The number of rotatable bonds is 9. The lowest BCUT2D eigenvalue weighted by Gasteiger charge is -2.43. The van der Waals surface area contributed by atoms with Crippen LogP contribution in [0.4, 0.5) is 0 Å². The Morgan fingerprint density at radius 2 is 1.78 bits per heavy atom. The van der Waals surface area contributed by atoms with Gasteiger partial charge in [-0.3, -0.25) is 14.4 Å². The van der Waals surface area contributed by atoms with Crippen LogP contribution in [0.1, 0.15) is 26.3 Å². The fourth-order valence-corrected chi connectivity index (χ4v) is 4.62. The van der Waals surface area contributed by atoms with Crippen LogP contribution < -0.4 is 0 Å². The Labute approximate surface area is 194 Å². The molecule has 2 unspecified atom stereocenters. The Kier molecular flexibility index (Phi) is 10.1. The summed E-state index contributed by atoms with van der Waals surface area (Å²) >= 11 is 7.52. The number of hydrogen-bond acceptors (Lipinski definition) is 9. The van der Waals surface area contributed by atoms with Gasteiger partial charge >= 0.3 is 17.9 Å². The number of hydrogen-bond donors (Lipinski definition) is 0. The maximum atomic E-state index is 11.8. The van der Waals surface area contributed by atoms with Gasteiger partial charge in [-0.25, -0.2) is 0 Å².